The SMILES string of the molecule is Nc1ccc([C@H]2C[C@H](O)[C@@H](CO)O2)c(F)c1. The first-order valence-corrected chi connectivity index (χ1v) is 5.11. The van der Waals surface area contributed by atoms with Gasteiger partial charge in [-0.3, -0.25) is 0 Å². The van der Waals surface area contributed by atoms with E-state index in [-0.39, 0.29) is 13.0 Å². The van der Waals surface area contributed by atoms with E-state index in [0.717, 1.165) is 0 Å². The summed E-state index contributed by atoms with van der Waals surface area (Å²) < 4.78 is 18.9. The molecule has 1 aliphatic heterocycles. The lowest BCUT2D eigenvalue weighted by molar-refractivity contribution is -0.0233. The van der Waals surface area contributed by atoms with E-state index in [0.29, 0.717) is 11.3 Å². The molecule has 16 heavy (non-hydrogen) atoms. The summed E-state index contributed by atoms with van der Waals surface area (Å²) in [6.07, 6.45) is -1.63. The van der Waals surface area contributed by atoms with Crippen LogP contribution < -0.4 is 5.73 Å². The van der Waals surface area contributed by atoms with Crippen LogP contribution in [-0.2, 0) is 4.74 Å². The summed E-state index contributed by atoms with van der Waals surface area (Å²) in [5.74, 6) is -0.448. The maximum absolute atomic E-state index is 13.6. The largest absolute Gasteiger partial charge is 0.399 e. The number of ether oxygens (including phenoxy) is 1. The van der Waals surface area contributed by atoms with E-state index >= 15 is 0 Å². The first kappa shape index (κ1) is 11.3. The van der Waals surface area contributed by atoms with Crippen molar-refractivity contribution in [2.45, 2.75) is 24.7 Å². The molecule has 4 nitrogen and oxygen atoms in total. The lowest BCUT2D eigenvalue weighted by Gasteiger charge is -2.13. The Hall–Kier alpha value is -1.17. The number of nitrogens with two attached hydrogens (primary N) is 1. The van der Waals surface area contributed by atoms with Crippen molar-refractivity contribution in [3.05, 3.63) is 29.6 Å². The van der Waals surface area contributed by atoms with Gasteiger partial charge in [-0.2, -0.15) is 0 Å². The standard InChI is InChI=1S/C11H14FNO3/c12-8-3-6(13)1-2-7(8)10-4-9(15)11(5-14)16-10/h1-3,9-11,14-15H,4-5,13H2/t9-,10+,11+/m0/s1. The van der Waals surface area contributed by atoms with Crippen LogP contribution in [0.15, 0.2) is 18.2 Å². The quantitative estimate of drug-likeness (QED) is 0.646. The number of anilines is 1. The van der Waals surface area contributed by atoms with Crippen LogP contribution in [0.25, 0.3) is 0 Å². The first-order valence-electron chi connectivity index (χ1n) is 5.11. The molecule has 1 aliphatic rings. The molecule has 5 heteroatoms. The Morgan fingerprint density at radius 2 is 2.25 bits per heavy atom. The lowest BCUT2D eigenvalue weighted by atomic mass is 10.0. The Morgan fingerprint density at radius 1 is 1.50 bits per heavy atom. The molecule has 0 unspecified atom stereocenters. The van der Waals surface area contributed by atoms with E-state index in [9.17, 15) is 9.50 Å². The summed E-state index contributed by atoms with van der Waals surface area (Å²) in [7, 11) is 0. The van der Waals surface area contributed by atoms with E-state index in [4.69, 9.17) is 15.6 Å². The van der Waals surface area contributed by atoms with Crippen molar-refractivity contribution in [3.63, 3.8) is 0 Å². The molecule has 1 aromatic carbocycles. The van der Waals surface area contributed by atoms with Crippen LogP contribution in [0, 0.1) is 5.82 Å². The number of rotatable bonds is 2. The zero-order valence-corrected chi connectivity index (χ0v) is 8.64. The Bertz CT molecular complexity index is 385. The van der Waals surface area contributed by atoms with Gasteiger partial charge in [-0.1, -0.05) is 6.07 Å². The highest BCUT2D eigenvalue weighted by Gasteiger charge is 2.35. The van der Waals surface area contributed by atoms with Gasteiger partial charge in [-0.15, -0.1) is 0 Å². The predicted octanol–water partition coefficient (Wildman–Crippen LogP) is 0.591. The van der Waals surface area contributed by atoms with Crippen molar-refractivity contribution >= 4 is 5.69 Å². The molecule has 2 rings (SSSR count). The fourth-order valence-corrected chi connectivity index (χ4v) is 1.90. The minimum Gasteiger partial charge on any atom is -0.399 e. The van der Waals surface area contributed by atoms with Crippen LogP contribution in [0.4, 0.5) is 10.1 Å². The zero-order valence-electron chi connectivity index (χ0n) is 8.64. The highest BCUT2D eigenvalue weighted by atomic mass is 19.1. The smallest absolute Gasteiger partial charge is 0.131 e. The van der Waals surface area contributed by atoms with Gasteiger partial charge in [0.15, 0.2) is 0 Å². The van der Waals surface area contributed by atoms with Crippen LogP contribution in [0.1, 0.15) is 18.1 Å². The average Bonchev–Trinajstić information content (AvgIpc) is 2.59. The third kappa shape index (κ3) is 2.02. The molecule has 3 atom stereocenters. The Kier molecular flexibility index (Phi) is 3.09. The molecule has 0 saturated carbocycles. The number of benzene rings is 1. The molecule has 0 aromatic heterocycles. The molecule has 1 heterocycles. The monoisotopic (exact) mass is 227 g/mol. The molecule has 1 saturated heterocycles. The number of aliphatic hydroxyl groups is 2. The Morgan fingerprint density at radius 3 is 2.81 bits per heavy atom. The lowest BCUT2D eigenvalue weighted by Crippen LogP contribution is -2.24. The van der Waals surface area contributed by atoms with Crippen molar-refractivity contribution < 1.29 is 19.3 Å². The van der Waals surface area contributed by atoms with Crippen LogP contribution in [-0.4, -0.2) is 29.0 Å². The van der Waals surface area contributed by atoms with Crippen molar-refractivity contribution in [3.8, 4) is 0 Å². The van der Waals surface area contributed by atoms with E-state index in [1.54, 1.807) is 12.1 Å². The predicted molar refractivity (Wildman–Crippen MR) is 56.1 cm³/mol. The fourth-order valence-electron chi connectivity index (χ4n) is 1.90. The summed E-state index contributed by atoms with van der Waals surface area (Å²) in [5.41, 5.74) is 6.15. The maximum Gasteiger partial charge on any atom is 0.131 e. The molecule has 0 amide bonds. The fraction of sp³-hybridized carbons (Fsp3) is 0.455. The third-order valence-corrected chi connectivity index (χ3v) is 2.78. The molecular weight excluding hydrogens is 213 g/mol. The molecule has 1 fully saturated rings. The second-order valence-corrected chi connectivity index (χ2v) is 3.93. The van der Waals surface area contributed by atoms with Crippen LogP contribution >= 0.6 is 0 Å². The minimum absolute atomic E-state index is 0.270. The van der Waals surface area contributed by atoms with Gasteiger partial charge in [0.1, 0.15) is 11.9 Å². The maximum atomic E-state index is 13.6. The van der Waals surface area contributed by atoms with Crippen molar-refractivity contribution in [2.24, 2.45) is 0 Å². The number of hydrogen-bond acceptors (Lipinski definition) is 4. The minimum atomic E-state index is -0.757. The van der Waals surface area contributed by atoms with Crippen LogP contribution in [0.2, 0.25) is 0 Å². The molecule has 88 valence electrons. The summed E-state index contributed by atoms with van der Waals surface area (Å²) >= 11 is 0. The first-order chi connectivity index (χ1) is 7.61. The van der Waals surface area contributed by atoms with Crippen molar-refractivity contribution in [1.29, 1.82) is 0 Å². The summed E-state index contributed by atoms with van der Waals surface area (Å²) in [6.45, 7) is -0.270. The molecule has 1 aromatic rings. The van der Waals surface area contributed by atoms with E-state index < -0.39 is 24.1 Å². The Labute approximate surface area is 92.5 Å². The average molecular weight is 227 g/mol. The van der Waals surface area contributed by atoms with Crippen LogP contribution in [0.5, 0.6) is 0 Å². The zero-order chi connectivity index (χ0) is 11.7. The van der Waals surface area contributed by atoms with E-state index in [1.165, 1.54) is 6.07 Å². The van der Waals surface area contributed by atoms with Gasteiger partial charge in [0.25, 0.3) is 0 Å². The van der Waals surface area contributed by atoms with E-state index in [1.807, 2.05) is 0 Å². The number of halogens is 1. The van der Waals surface area contributed by atoms with Gasteiger partial charge in [-0.25, -0.2) is 4.39 Å². The number of hydrogen-bond donors (Lipinski definition) is 3. The van der Waals surface area contributed by atoms with Gasteiger partial charge in [-0.05, 0) is 12.1 Å². The van der Waals surface area contributed by atoms with Crippen LogP contribution in [0.3, 0.4) is 0 Å². The van der Waals surface area contributed by atoms with Crippen molar-refractivity contribution in [1.82, 2.24) is 0 Å². The molecule has 0 radical (unpaired) electrons. The normalized spacial score (nSPS) is 29.6. The highest BCUT2D eigenvalue weighted by molar-refractivity contribution is 5.41. The summed E-state index contributed by atoms with van der Waals surface area (Å²) in [5, 5.41) is 18.4. The third-order valence-electron chi connectivity index (χ3n) is 2.78. The molecule has 0 bridgehead atoms. The van der Waals surface area contributed by atoms with Gasteiger partial charge >= 0.3 is 0 Å². The summed E-state index contributed by atoms with van der Waals surface area (Å²) in [4.78, 5) is 0. The van der Waals surface area contributed by atoms with Crippen molar-refractivity contribution in [2.75, 3.05) is 12.3 Å². The Balaban J connectivity index is 2.20. The van der Waals surface area contributed by atoms with Gasteiger partial charge in [0.05, 0.1) is 18.8 Å². The molecule has 0 aliphatic carbocycles. The van der Waals surface area contributed by atoms with Gasteiger partial charge in [0, 0.05) is 17.7 Å². The number of nitrogen functional groups attached to an aromatic ring is 1. The second kappa shape index (κ2) is 4.37. The van der Waals surface area contributed by atoms with Gasteiger partial charge in [0.2, 0.25) is 0 Å². The van der Waals surface area contributed by atoms with E-state index in [2.05, 4.69) is 0 Å². The second-order valence-electron chi connectivity index (χ2n) is 3.93. The molecule has 4 N–H and O–H groups in total. The molecular formula is C11H14FNO3. The van der Waals surface area contributed by atoms with Gasteiger partial charge < -0.3 is 20.7 Å². The highest BCUT2D eigenvalue weighted by Crippen LogP contribution is 2.34. The topological polar surface area (TPSA) is 75.7 Å². The molecule has 0 spiro atoms. The summed E-state index contributed by atoms with van der Waals surface area (Å²) in [6, 6.07) is 4.35. The number of aliphatic hydroxyl groups excluding tert-OH is 2.